The molecule has 3 aromatic carbocycles. The number of para-hydroxylation sites is 2. The fourth-order valence-electron chi connectivity index (χ4n) is 4.74. The highest BCUT2D eigenvalue weighted by molar-refractivity contribution is 14.1. The van der Waals surface area contributed by atoms with Gasteiger partial charge in [0.05, 0.1) is 31.1 Å². The first-order valence-electron chi connectivity index (χ1n) is 12.0. The molecule has 186 valence electrons. The van der Waals surface area contributed by atoms with Crippen LogP contribution in [-0.2, 0) is 14.4 Å². The molecule has 0 saturated carbocycles. The van der Waals surface area contributed by atoms with Gasteiger partial charge in [0.2, 0.25) is 5.91 Å². The minimum absolute atomic E-state index is 0.278. The second-order valence-electron chi connectivity index (χ2n) is 8.73. The largest absolute Gasteiger partial charge is 0.493 e. The van der Waals surface area contributed by atoms with E-state index in [-0.39, 0.29) is 11.8 Å². The summed E-state index contributed by atoms with van der Waals surface area (Å²) < 4.78 is 12.4. The maximum Gasteiger partial charge on any atom is 0.266 e. The maximum atomic E-state index is 13.8. The number of imide groups is 1. The van der Waals surface area contributed by atoms with E-state index in [2.05, 4.69) is 29.5 Å². The Labute approximate surface area is 224 Å². The lowest BCUT2D eigenvalue weighted by Crippen LogP contribution is -2.37. The Kier molecular flexibility index (Phi) is 7.15. The predicted octanol–water partition coefficient (Wildman–Crippen LogP) is 5.53. The van der Waals surface area contributed by atoms with Crippen molar-refractivity contribution in [3.8, 4) is 11.5 Å². The average Bonchev–Trinajstić information content (AvgIpc) is 3.41. The summed E-state index contributed by atoms with van der Waals surface area (Å²) >= 11 is 2.14. The summed E-state index contributed by atoms with van der Waals surface area (Å²) in [6, 6.07) is 22.0. The summed E-state index contributed by atoms with van der Waals surface area (Å²) in [4.78, 5) is 34.9. The van der Waals surface area contributed by atoms with Crippen LogP contribution in [0.3, 0.4) is 0 Å². The number of anilines is 2. The number of carbonyl (C=O) groups is 2. The van der Waals surface area contributed by atoms with Gasteiger partial charge in [0.15, 0.2) is 17.6 Å². The molecule has 0 spiro atoms. The molecule has 0 radical (unpaired) electrons. The molecule has 2 heterocycles. The van der Waals surface area contributed by atoms with Crippen LogP contribution in [0.25, 0.3) is 0 Å². The second-order valence-corrected chi connectivity index (χ2v) is 9.90. The minimum Gasteiger partial charge on any atom is -0.493 e. The SMILES string of the molecule is CCCCOc1ccc(C2C3C(=O)N(c4ccccc4I)C(=O)C3ON2c2ccccc2)cc1OC. The number of halogens is 1. The van der Waals surface area contributed by atoms with Gasteiger partial charge in [-0.05, 0) is 71.0 Å². The normalized spacial score (nSPS) is 21.1. The first kappa shape index (κ1) is 24.6. The number of hydroxylamine groups is 1. The molecule has 0 aliphatic carbocycles. The number of hydrogen-bond donors (Lipinski definition) is 0. The van der Waals surface area contributed by atoms with Gasteiger partial charge < -0.3 is 9.47 Å². The lowest BCUT2D eigenvalue weighted by atomic mass is 9.90. The Hall–Kier alpha value is -3.11. The predicted molar refractivity (Wildman–Crippen MR) is 145 cm³/mol. The Bertz CT molecular complexity index is 1270. The van der Waals surface area contributed by atoms with Gasteiger partial charge in [0.1, 0.15) is 5.92 Å². The van der Waals surface area contributed by atoms with E-state index >= 15 is 0 Å². The molecule has 36 heavy (non-hydrogen) atoms. The monoisotopic (exact) mass is 598 g/mol. The highest BCUT2D eigenvalue weighted by atomic mass is 127. The number of rotatable bonds is 8. The summed E-state index contributed by atoms with van der Waals surface area (Å²) in [5, 5.41) is 1.69. The minimum atomic E-state index is -0.926. The van der Waals surface area contributed by atoms with Crippen LogP contribution in [0.1, 0.15) is 31.4 Å². The highest BCUT2D eigenvalue weighted by Gasteiger charge is 2.60. The van der Waals surface area contributed by atoms with Crippen molar-refractivity contribution in [2.75, 3.05) is 23.7 Å². The zero-order valence-electron chi connectivity index (χ0n) is 20.1. The van der Waals surface area contributed by atoms with Gasteiger partial charge >= 0.3 is 0 Å². The fraction of sp³-hybridized carbons (Fsp3) is 0.286. The molecule has 2 amide bonds. The summed E-state index contributed by atoms with van der Waals surface area (Å²) in [6.07, 6.45) is 1.05. The summed E-state index contributed by atoms with van der Waals surface area (Å²) in [5.74, 6) is -0.133. The standard InChI is InChI=1S/C28H27IN2O5/c1-3-4-16-35-22-15-14-18(17-23(22)34-2)25-24-26(36-31(25)19-10-6-5-7-11-19)28(33)30(27(24)32)21-13-9-8-12-20(21)29/h5-15,17,24-26H,3-4,16H2,1-2H3. The van der Waals surface area contributed by atoms with Crippen LogP contribution < -0.4 is 19.4 Å². The van der Waals surface area contributed by atoms with E-state index in [1.54, 1.807) is 18.2 Å². The van der Waals surface area contributed by atoms with Gasteiger partial charge in [0, 0.05) is 3.57 Å². The lowest BCUT2D eigenvalue weighted by molar-refractivity contribution is -0.126. The zero-order valence-corrected chi connectivity index (χ0v) is 22.3. The van der Waals surface area contributed by atoms with Crippen molar-refractivity contribution in [3.63, 3.8) is 0 Å². The van der Waals surface area contributed by atoms with Crippen molar-refractivity contribution in [2.24, 2.45) is 5.92 Å². The van der Waals surface area contributed by atoms with Crippen molar-refractivity contribution in [2.45, 2.75) is 31.9 Å². The van der Waals surface area contributed by atoms with Crippen LogP contribution in [0.5, 0.6) is 11.5 Å². The molecule has 3 aromatic rings. The molecular formula is C28H27IN2O5. The maximum absolute atomic E-state index is 13.8. The van der Waals surface area contributed by atoms with E-state index in [0.29, 0.717) is 23.8 Å². The van der Waals surface area contributed by atoms with Gasteiger partial charge in [0.25, 0.3) is 5.91 Å². The molecule has 2 fully saturated rings. The van der Waals surface area contributed by atoms with Gasteiger partial charge in [-0.15, -0.1) is 0 Å². The molecule has 0 bridgehead atoms. The number of unbranched alkanes of at least 4 members (excludes halogenated alkanes) is 1. The summed E-state index contributed by atoms with van der Waals surface area (Å²) in [6.45, 7) is 2.70. The van der Waals surface area contributed by atoms with Crippen molar-refractivity contribution in [1.29, 1.82) is 0 Å². The van der Waals surface area contributed by atoms with Crippen LogP contribution in [0.2, 0.25) is 0 Å². The molecule has 0 aromatic heterocycles. The molecule has 3 atom stereocenters. The van der Waals surface area contributed by atoms with Crippen molar-refractivity contribution < 1.29 is 23.9 Å². The lowest BCUT2D eigenvalue weighted by Gasteiger charge is -2.29. The van der Waals surface area contributed by atoms with E-state index in [1.165, 1.54) is 4.90 Å². The topological polar surface area (TPSA) is 68.3 Å². The Morgan fingerprint density at radius 1 is 0.944 bits per heavy atom. The Morgan fingerprint density at radius 3 is 2.42 bits per heavy atom. The van der Waals surface area contributed by atoms with Gasteiger partial charge in [-0.25, -0.2) is 9.96 Å². The molecule has 2 aliphatic rings. The van der Waals surface area contributed by atoms with Crippen molar-refractivity contribution >= 4 is 45.8 Å². The molecule has 5 rings (SSSR count). The van der Waals surface area contributed by atoms with Gasteiger partial charge in [-0.1, -0.05) is 49.7 Å². The highest BCUT2D eigenvalue weighted by Crippen LogP contribution is 2.49. The second kappa shape index (κ2) is 10.5. The third-order valence-corrected chi connectivity index (χ3v) is 7.42. The quantitative estimate of drug-likeness (QED) is 0.193. The van der Waals surface area contributed by atoms with E-state index in [4.69, 9.17) is 14.3 Å². The number of benzene rings is 3. The number of amides is 2. The van der Waals surface area contributed by atoms with Gasteiger partial charge in [-0.2, -0.15) is 0 Å². The Morgan fingerprint density at radius 2 is 1.69 bits per heavy atom. The number of hydrogen-bond acceptors (Lipinski definition) is 6. The summed E-state index contributed by atoms with van der Waals surface area (Å²) in [7, 11) is 1.60. The first-order chi connectivity index (χ1) is 17.5. The smallest absolute Gasteiger partial charge is 0.266 e. The molecule has 8 heteroatoms. The van der Waals surface area contributed by atoms with E-state index in [0.717, 1.165) is 27.7 Å². The van der Waals surface area contributed by atoms with Crippen molar-refractivity contribution in [3.05, 3.63) is 81.9 Å². The van der Waals surface area contributed by atoms with Crippen LogP contribution in [0, 0.1) is 9.49 Å². The van der Waals surface area contributed by atoms with Crippen LogP contribution in [0.15, 0.2) is 72.8 Å². The molecule has 7 nitrogen and oxygen atoms in total. The van der Waals surface area contributed by atoms with Gasteiger partial charge in [-0.3, -0.25) is 14.4 Å². The molecule has 2 aliphatic heterocycles. The van der Waals surface area contributed by atoms with E-state index in [9.17, 15) is 9.59 Å². The number of fused-ring (bicyclic) bond motifs is 1. The third-order valence-electron chi connectivity index (χ3n) is 6.50. The third kappa shape index (κ3) is 4.32. The number of ether oxygens (including phenoxy) is 2. The van der Waals surface area contributed by atoms with E-state index < -0.39 is 18.1 Å². The Balaban J connectivity index is 1.56. The fourth-order valence-corrected chi connectivity index (χ4v) is 5.37. The molecular weight excluding hydrogens is 571 g/mol. The van der Waals surface area contributed by atoms with Crippen molar-refractivity contribution in [1.82, 2.24) is 0 Å². The van der Waals surface area contributed by atoms with Crippen LogP contribution in [-0.4, -0.2) is 31.6 Å². The van der Waals surface area contributed by atoms with Crippen LogP contribution in [0.4, 0.5) is 11.4 Å². The first-order valence-corrected chi connectivity index (χ1v) is 13.1. The molecule has 2 saturated heterocycles. The number of methoxy groups -OCH3 is 1. The number of nitrogens with zero attached hydrogens (tertiary/aromatic N) is 2. The zero-order chi connectivity index (χ0) is 25.2. The summed E-state index contributed by atoms with van der Waals surface area (Å²) in [5.41, 5.74) is 2.14. The van der Waals surface area contributed by atoms with Crippen LogP contribution >= 0.6 is 22.6 Å². The molecule has 3 unspecified atom stereocenters. The van der Waals surface area contributed by atoms with E-state index in [1.807, 2.05) is 66.7 Å². The number of carbonyl (C=O) groups excluding carboxylic acids is 2. The average molecular weight is 598 g/mol. The molecule has 0 N–H and O–H groups in total.